The van der Waals surface area contributed by atoms with Crippen LogP contribution in [0.15, 0.2) is 18.2 Å². The summed E-state index contributed by atoms with van der Waals surface area (Å²) in [5.41, 5.74) is 1.31. The molecule has 2 saturated carbocycles. The van der Waals surface area contributed by atoms with Gasteiger partial charge in [-0.1, -0.05) is 24.6 Å². The third-order valence-electron chi connectivity index (χ3n) is 4.71. The lowest BCUT2D eigenvalue weighted by Gasteiger charge is -2.26. The van der Waals surface area contributed by atoms with Crippen LogP contribution in [0.3, 0.4) is 0 Å². The summed E-state index contributed by atoms with van der Waals surface area (Å²) in [5, 5.41) is 4.34. The number of ether oxygens (including phenoxy) is 1. The van der Waals surface area contributed by atoms with Gasteiger partial charge in [0, 0.05) is 6.04 Å². The Morgan fingerprint density at radius 2 is 2.05 bits per heavy atom. The lowest BCUT2D eigenvalue weighted by Crippen LogP contribution is -2.27. The molecule has 2 nitrogen and oxygen atoms in total. The molecule has 2 fully saturated rings. The van der Waals surface area contributed by atoms with Gasteiger partial charge in [-0.15, -0.1) is 0 Å². The van der Waals surface area contributed by atoms with Crippen LogP contribution in [-0.4, -0.2) is 13.7 Å². The van der Waals surface area contributed by atoms with Crippen LogP contribution in [0.2, 0.25) is 5.02 Å². The Balaban J connectivity index is 1.82. The summed E-state index contributed by atoms with van der Waals surface area (Å²) < 4.78 is 5.35. The van der Waals surface area contributed by atoms with Crippen LogP contribution in [0, 0.1) is 17.8 Å². The molecule has 104 valence electrons. The maximum atomic E-state index is 6.12. The molecule has 0 aliphatic heterocycles. The number of hydrogen-bond acceptors (Lipinski definition) is 2. The van der Waals surface area contributed by atoms with Crippen molar-refractivity contribution >= 4 is 11.6 Å². The van der Waals surface area contributed by atoms with E-state index in [4.69, 9.17) is 16.3 Å². The maximum Gasteiger partial charge on any atom is 0.137 e. The van der Waals surface area contributed by atoms with Crippen LogP contribution >= 0.6 is 11.6 Å². The number of fused-ring (bicyclic) bond motifs is 1. The molecular formula is C16H22ClNO. The van der Waals surface area contributed by atoms with Crippen LogP contribution in [0.1, 0.15) is 37.8 Å². The van der Waals surface area contributed by atoms with Gasteiger partial charge in [0.2, 0.25) is 0 Å². The quantitative estimate of drug-likeness (QED) is 0.878. The Kier molecular flexibility index (Phi) is 3.72. The predicted molar refractivity (Wildman–Crippen MR) is 78.7 cm³/mol. The Morgan fingerprint density at radius 3 is 2.68 bits per heavy atom. The van der Waals surface area contributed by atoms with E-state index < -0.39 is 0 Å². The molecule has 0 saturated heterocycles. The molecule has 0 bridgehead atoms. The second-order valence-electron chi connectivity index (χ2n) is 5.92. The molecule has 1 aromatic rings. The van der Waals surface area contributed by atoms with Crippen LogP contribution in [0.5, 0.6) is 5.75 Å². The Hall–Kier alpha value is -0.730. The summed E-state index contributed by atoms with van der Waals surface area (Å²) >= 11 is 6.12. The van der Waals surface area contributed by atoms with Gasteiger partial charge >= 0.3 is 0 Å². The molecular weight excluding hydrogens is 258 g/mol. The highest BCUT2D eigenvalue weighted by atomic mass is 35.5. The van der Waals surface area contributed by atoms with Crippen LogP contribution in [-0.2, 0) is 0 Å². The second kappa shape index (κ2) is 5.34. The van der Waals surface area contributed by atoms with Crippen molar-refractivity contribution in [2.75, 3.05) is 13.7 Å². The Morgan fingerprint density at radius 1 is 1.32 bits per heavy atom. The van der Waals surface area contributed by atoms with Crippen molar-refractivity contribution in [1.82, 2.24) is 5.32 Å². The number of halogens is 1. The number of rotatable bonds is 5. The van der Waals surface area contributed by atoms with E-state index in [1.807, 2.05) is 6.07 Å². The van der Waals surface area contributed by atoms with Crippen molar-refractivity contribution in [2.24, 2.45) is 17.8 Å². The molecule has 3 unspecified atom stereocenters. The summed E-state index contributed by atoms with van der Waals surface area (Å²) in [5.74, 6) is 3.58. The van der Waals surface area contributed by atoms with Gasteiger partial charge in [0.1, 0.15) is 5.75 Å². The summed E-state index contributed by atoms with van der Waals surface area (Å²) in [6.07, 6.45) is 4.24. The molecule has 1 aromatic carbocycles. The highest BCUT2D eigenvalue weighted by Crippen LogP contribution is 2.57. The molecule has 2 aliphatic carbocycles. The minimum atomic E-state index is 0.448. The molecule has 0 amide bonds. The zero-order valence-electron chi connectivity index (χ0n) is 11.7. The van der Waals surface area contributed by atoms with Crippen molar-refractivity contribution in [3.63, 3.8) is 0 Å². The Bertz CT molecular complexity index is 452. The molecule has 3 heteroatoms. The molecule has 1 N–H and O–H groups in total. The van der Waals surface area contributed by atoms with E-state index in [1.165, 1.54) is 24.8 Å². The third-order valence-corrected chi connectivity index (χ3v) is 5.02. The fraction of sp³-hybridized carbons (Fsp3) is 0.625. The van der Waals surface area contributed by atoms with Crippen molar-refractivity contribution in [1.29, 1.82) is 0 Å². The van der Waals surface area contributed by atoms with E-state index in [0.717, 1.165) is 30.0 Å². The van der Waals surface area contributed by atoms with Crippen molar-refractivity contribution < 1.29 is 4.74 Å². The van der Waals surface area contributed by atoms with Gasteiger partial charge in [-0.3, -0.25) is 0 Å². The number of nitrogens with one attached hydrogen (secondary N) is 1. The van der Waals surface area contributed by atoms with Gasteiger partial charge in [-0.05, 0) is 61.3 Å². The molecule has 2 aliphatic rings. The maximum absolute atomic E-state index is 6.12. The van der Waals surface area contributed by atoms with E-state index in [-0.39, 0.29) is 0 Å². The third kappa shape index (κ3) is 2.61. The summed E-state index contributed by atoms with van der Waals surface area (Å²) in [4.78, 5) is 0. The standard InChI is InChI=1S/C16H22ClNO/c1-3-18-16(13-7-11-6-12(11)8-13)10-4-5-14(17)15(9-10)19-2/h4-5,9,11-13,16,18H,3,6-8H2,1-2H3. The molecule has 19 heavy (non-hydrogen) atoms. The zero-order chi connectivity index (χ0) is 13.4. The number of benzene rings is 1. The van der Waals surface area contributed by atoms with Crippen LogP contribution in [0.25, 0.3) is 0 Å². The number of methoxy groups -OCH3 is 1. The highest BCUT2D eigenvalue weighted by Gasteiger charge is 2.47. The first-order valence-corrected chi connectivity index (χ1v) is 7.67. The molecule has 0 heterocycles. The van der Waals surface area contributed by atoms with Gasteiger partial charge < -0.3 is 10.1 Å². The predicted octanol–water partition coefficient (Wildman–Crippen LogP) is 4.05. The average molecular weight is 280 g/mol. The van der Waals surface area contributed by atoms with Crippen molar-refractivity contribution in [3.05, 3.63) is 28.8 Å². The zero-order valence-corrected chi connectivity index (χ0v) is 12.4. The molecule has 3 rings (SSSR count). The van der Waals surface area contributed by atoms with Gasteiger partial charge in [0.05, 0.1) is 12.1 Å². The fourth-order valence-electron chi connectivity index (χ4n) is 3.68. The molecule has 0 spiro atoms. The molecule has 0 radical (unpaired) electrons. The summed E-state index contributed by atoms with van der Waals surface area (Å²) in [6.45, 7) is 3.18. The van der Waals surface area contributed by atoms with E-state index >= 15 is 0 Å². The molecule has 3 atom stereocenters. The largest absolute Gasteiger partial charge is 0.495 e. The van der Waals surface area contributed by atoms with E-state index in [2.05, 4.69) is 24.4 Å². The SMILES string of the molecule is CCNC(c1ccc(Cl)c(OC)c1)C1CC2CC2C1. The fourth-order valence-corrected chi connectivity index (χ4v) is 3.87. The Labute approximate surface area is 120 Å². The van der Waals surface area contributed by atoms with Crippen molar-refractivity contribution in [3.8, 4) is 5.75 Å². The first-order chi connectivity index (χ1) is 9.22. The second-order valence-corrected chi connectivity index (χ2v) is 6.32. The lowest BCUT2D eigenvalue weighted by atomic mass is 9.89. The van der Waals surface area contributed by atoms with Crippen LogP contribution in [0.4, 0.5) is 0 Å². The van der Waals surface area contributed by atoms with Gasteiger partial charge in [0.15, 0.2) is 0 Å². The molecule has 0 aromatic heterocycles. The van der Waals surface area contributed by atoms with Gasteiger partial charge in [0.25, 0.3) is 0 Å². The topological polar surface area (TPSA) is 21.3 Å². The number of hydrogen-bond donors (Lipinski definition) is 1. The van der Waals surface area contributed by atoms with E-state index in [0.29, 0.717) is 11.1 Å². The minimum Gasteiger partial charge on any atom is -0.495 e. The van der Waals surface area contributed by atoms with E-state index in [1.54, 1.807) is 7.11 Å². The van der Waals surface area contributed by atoms with E-state index in [9.17, 15) is 0 Å². The van der Waals surface area contributed by atoms with Gasteiger partial charge in [-0.25, -0.2) is 0 Å². The smallest absolute Gasteiger partial charge is 0.137 e. The summed E-state index contributed by atoms with van der Waals surface area (Å²) in [7, 11) is 1.68. The first kappa shape index (κ1) is 13.3. The monoisotopic (exact) mass is 279 g/mol. The normalized spacial score (nSPS) is 29.9. The summed E-state index contributed by atoms with van der Waals surface area (Å²) in [6, 6.07) is 6.64. The van der Waals surface area contributed by atoms with Crippen LogP contribution < -0.4 is 10.1 Å². The van der Waals surface area contributed by atoms with Crippen molar-refractivity contribution in [2.45, 2.75) is 32.2 Å². The highest BCUT2D eigenvalue weighted by molar-refractivity contribution is 6.32. The average Bonchev–Trinajstić information content (AvgIpc) is 3.03. The first-order valence-electron chi connectivity index (χ1n) is 7.29. The minimum absolute atomic E-state index is 0.448. The van der Waals surface area contributed by atoms with Gasteiger partial charge in [-0.2, -0.15) is 0 Å². The lowest BCUT2D eigenvalue weighted by molar-refractivity contribution is 0.344.